The van der Waals surface area contributed by atoms with E-state index in [2.05, 4.69) is 20.6 Å². The number of carbonyl (C=O) groups is 1. The smallest absolute Gasteiger partial charge is 0.410 e. The maximum atomic E-state index is 12.0. The summed E-state index contributed by atoms with van der Waals surface area (Å²) in [6, 6.07) is 0. The van der Waals surface area contributed by atoms with Gasteiger partial charge in [-0.25, -0.2) is 4.79 Å². The van der Waals surface area contributed by atoms with E-state index in [-0.39, 0.29) is 12.0 Å². The molecule has 1 aromatic heterocycles. The number of ether oxygens (including phenoxy) is 1. The van der Waals surface area contributed by atoms with Crippen LogP contribution in [-0.4, -0.2) is 50.3 Å². The number of rotatable bonds is 1. The highest BCUT2D eigenvalue weighted by Gasteiger charge is 2.29. The highest BCUT2D eigenvalue weighted by Crippen LogP contribution is 2.24. The van der Waals surface area contributed by atoms with Gasteiger partial charge in [0.1, 0.15) is 5.60 Å². The fourth-order valence-corrected chi connectivity index (χ4v) is 2.02. The minimum atomic E-state index is -0.462. The monoisotopic (exact) mass is 253 g/mol. The van der Waals surface area contributed by atoms with Gasteiger partial charge in [0.2, 0.25) is 0 Å². The number of amides is 1. The number of likely N-dealkylation sites (tertiary alicyclic amines) is 1. The lowest BCUT2D eigenvalue weighted by Crippen LogP contribution is -2.42. The van der Waals surface area contributed by atoms with Gasteiger partial charge >= 0.3 is 6.09 Å². The Morgan fingerprint density at radius 1 is 1.50 bits per heavy atom. The van der Waals surface area contributed by atoms with Gasteiger partial charge in [0.25, 0.3) is 0 Å². The lowest BCUT2D eigenvalue weighted by Gasteiger charge is -2.32. The molecule has 0 unspecified atom stereocenters. The summed E-state index contributed by atoms with van der Waals surface area (Å²) < 4.78 is 5.37. The van der Waals surface area contributed by atoms with Crippen LogP contribution >= 0.6 is 0 Å². The lowest BCUT2D eigenvalue weighted by atomic mass is 9.98. The topological polar surface area (TPSA) is 84.0 Å². The third-order valence-electron chi connectivity index (χ3n) is 2.80. The maximum absolute atomic E-state index is 12.0. The Bertz CT molecular complexity index is 398. The Morgan fingerprint density at radius 3 is 2.89 bits per heavy atom. The molecular weight excluding hydrogens is 234 g/mol. The predicted molar refractivity (Wildman–Crippen MR) is 64.0 cm³/mol. The second-order valence-corrected chi connectivity index (χ2v) is 5.54. The summed E-state index contributed by atoms with van der Waals surface area (Å²) in [7, 11) is 0. The molecule has 1 saturated heterocycles. The zero-order valence-corrected chi connectivity index (χ0v) is 11.0. The number of H-pyrrole nitrogens is 1. The van der Waals surface area contributed by atoms with Crippen LogP contribution in [0.4, 0.5) is 4.79 Å². The van der Waals surface area contributed by atoms with Gasteiger partial charge in [-0.3, -0.25) is 0 Å². The van der Waals surface area contributed by atoms with Crippen molar-refractivity contribution in [3.63, 3.8) is 0 Å². The van der Waals surface area contributed by atoms with Gasteiger partial charge in [-0.15, -0.1) is 10.2 Å². The maximum Gasteiger partial charge on any atom is 0.410 e. The SMILES string of the molecule is CC(C)(C)OC(=O)N1CCC[C@H](c2nn[nH]n2)C1. The fraction of sp³-hybridized carbons (Fsp3) is 0.818. The molecule has 0 aromatic carbocycles. The molecule has 1 fully saturated rings. The quantitative estimate of drug-likeness (QED) is 0.815. The van der Waals surface area contributed by atoms with Crippen molar-refractivity contribution in [3.8, 4) is 0 Å². The van der Waals surface area contributed by atoms with Crippen molar-refractivity contribution >= 4 is 6.09 Å². The third-order valence-corrected chi connectivity index (χ3v) is 2.80. The number of hydrogen-bond acceptors (Lipinski definition) is 5. The first-order valence-corrected chi connectivity index (χ1v) is 6.17. The average molecular weight is 253 g/mol. The Morgan fingerprint density at radius 2 is 2.28 bits per heavy atom. The molecule has 0 radical (unpaired) electrons. The van der Waals surface area contributed by atoms with E-state index in [0.717, 1.165) is 19.4 Å². The molecule has 1 amide bonds. The van der Waals surface area contributed by atoms with Crippen LogP contribution in [0, 0.1) is 0 Å². The third kappa shape index (κ3) is 3.18. The van der Waals surface area contributed by atoms with Crippen molar-refractivity contribution < 1.29 is 9.53 Å². The van der Waals surface area contributed by atoms with Crippen LogP contribution in [0.2, 0.25) is 0 Å². The molecule has 7 heteroatoms. The van der Waals surface area contributed by atoms with Crippen molar-refractivity contribution in [2.24, 2.45) is 0 Å². The molecule has 1 aliphatic heterocycles. The lowest BCUT2D eigenvalue weighted by molar-refractivity contribution is 0.0196. The summed E-state index contributed by atoms with van der Waals surface area (Å²) >= 11 is 0. The molecule has 0 bridgehead atoms. The van der Waals surface area contributed by atoms with Gasteiger partial charge in [0.05, 0.1) is 0 Å². The van der Waals surface area contributed by atoms with Gasteiger partial charge < -0.3 is 9.64 Å². The first-order chi connectivity index (χ1) is 8.46. The van der Waals surface area contributed by atoms with Crippen molar-refractivity contribution in [1.82, 2.24) is 25.5 Å². The summed E-state index contributed by atoms with van der Waals surface area (Å²) in [5.74, 6) is 0.813. The van der Waals surface area contributed by atoms with Crippen molar-refractivity contribution in [2.45, 2.75) is 45.1 Å². The molecule has 0 saturated carbocycles. The van der Waals surface area contributed by atoms with Gasteiger partial charge in [0, 0.05) is 19.0 Å². The molecule has 18 heavy (non-hydrogen) atoms. The van der Waals surface area contributed by atoms with E-state index in [9.17, 15) is 4.79 Å². The molecule has 2 rings (SSSR count). The van der Waals surface area contributed by atoms with Crippen molar-refractivity contribution in [1.29, 1.82) is 0 Å². The van der Waals surface area contributed by atoms with Crippen molar-refractivity contribution in [2.75, 3.05) is 13.1 Å². The molecule has 1 aromatic rings. The Balaban J connectivity index is 1.96. The molecule has 1 N–H and O–H groups in total. The number of carbonyl (C=O) groups excluding carboxylic acids is 1. The fourth-order valence-electron chi connectivity index (χ4n) is 2.02. The average Bonchev–Trinajstić information content (AvgIpc) is 2.80. The van der Waals surface area contributed by atoms with Gasteiger partial charge in [-0.05, 0) is 33.6 Å². The number of nitrogens with zero attached hydrogens (tertiary/aromatic N) is 4. The normalized spacial score (nSPS) is 20.8. The molecule has 2 heterocycles. The summed E-state index contributed by atoms with van der Waals surface area (Å²) in [6.45, 7) is 6.92. The van der Waals surface area contributed by atoms with E-state index in [1.54, 1.807) is 4.90 Å². The number of hydrogen-bond donors (Lipinski definition) is 1. The van der Waals surface area contributed by atoms with E-state index >= 15 is 0 Å². The minimum Gasteiger partial charge on any atom is -0.444 e. The molecule has 0 aliphatic carbocycles. The van der Waals surface area contributed by atoms with Crippen LogP contribution in [0.25, 0.3) is 0 Å². The van der Waals surface area contributed by atoms with E-state index in [4.69, 9.17) is 4.74 Å². The zero-order valence-electron chi connectivity index (χ0n) is 11.0. The number of piperidine rings is 1. The Hall–Kier alpha value is -1.66. The predicted octanol–water partition coefficient (Wildman–Crippen LogP) is 1.31. The van der Waals surface area contributed by atoms with E-state index < -0.39 is 5.60 Å². The molecule has 7 nitrogen and oxygen atoms in total. The van der Waals surface area contributed by atoms with Gasteiger partial charge in [-0.1, -0.05) is 5.21 Å². The first-order valence-electron chi connectivity index (χ1n) is 6.17. The van der Waals surface area contributed by atoms with E-state index in [0.29, 0.717) is 12.4 Å². The second kappa shape index (κ2) is 4.91. The summed E-state index contributed by atoms with van der Waals surface area (Å²) in [6.07, 6.45) is 1.63. The zero-order chi connectivity index (χ0) is 13.2. The van der Waals surface area contributed by atoms with Crippen LogP contribution in [-0.2, 0) is 4.74 Å². The summed E-state index contributed by atoms with van der Waals surface area (Å²) in [4.78, 5) is 13.7. The highest BCUT2D eigenvalue weighted by atomic mass is 16.6. The van der Waals surface area contributed by atoms with Crippen LogP contribution in [0.3, 0.4) is 0 Å². The summed E-state index contributed by atoms with van der Waals surface area (Å²) in [5, 5.41) is 14.0. The highest BCUT2D eigenvalue weighted by molar-refractivity contribution is 5.68. The first kappa shape index (κ1) is 12.8. The molecule has 0 spiro atoms. The second-order valence-electron chi connectivity index (χ2n) is 5.54. The molecular formula is C11H19N5O2. The van der Waals surface area contributed by atoms with Crippen LogP contribution < -0.4 is 0 Å². The van der Waals surface area contributed by atoms with Gasteiger partial charge in [0.15, 0.2) is 5.82 Å². The number of aromatic nitrogens is 4. The van der Waals surface area contributed by atoms with Crippen molar-refractivity contribution in [3.05, 3.63) is 5.82 Å². The standard InChI is InChI=1S/C11H19N5O2/c1-11(2,3)18-10(17)16-6-4-5-8(7-16)9-12-14-15-13-9/h8H,4-7H2,1-3H3,(H,12,13,14,15)/t8-/m0/s1. The van der Waals surface area contributed by atoms with E-state index in [1.807, 2.05) is 20.8 Å². The van der Waals surface area contributed by atoms with Gasteiger partial charge in [-0.2, -0.15) is 5.21 Å². The van der Waals surface area contributed by atoms with Crippen LogP contribution in [0.5, 0.6) is 0 Å². The Labute approximate surface area is 106 Å². The molecule has 100 valence electrons. The largest absolute Gasteiger partial charge is 0.444 e. The Kier molecular flexibility index (Phi) is 3.49. The van der Waals surface area contributed by atoms with Crippen LogP contribution in [0.1, 0.15) is 45.4 Å². The van der Waals surface area contributed by atoms with E-state index in [1.165, 1.54) is 0 Å². The molecule has 1 aliphatic rings. The number of aromatic amines is 1. The molecule has 1 atom stereocenters. The number of nitrogens with one attached hydrogen (secondary N) is 1. The number of tetrazole rings is 1. The van der Waals surface area contributed by atoms with Crippen LogP contribution in [0.15, 0.2) is 0 Å². The summed E-state index contributed by atoms with van der Waals surface area (Å²) in [5.41, 5.74) is -0.462. The minimum absolute atomic E-state index is 0.144.